The van der Waals surface area contributed by atoms with E-state index in [4.69, 9.17) is 14.6 Å². The summed E-state index contributed by atoms with van der Waals surface area (Å²) < 4.78 is 22.6. The van der Waals surface area contributed by atoms with Crippen LogP contribution in [0.2, 0.25) is 0 Å². The van der Waals surface area contributed by atoms with Gasteiger partial charge in [-0.2, -0.15) is 0 Å². The average molecular weight is 164 g/mol. The summed E-state index contributed by atoms with van der Waals surface area (Å²) in [6.45, 7) is 1.63. The Bertz CT molecular complexity index is 131. The summed E-state index contributed by atoms with van der Waals surface area (Å²) in [6, 6.07) is 0. The van der Waals surface area contributed by atoms with Gasteiger partial charge in [-0.3, -0.25) is 0 Å². The van der Waals surface area contributed by atoms with Crippen LogP contribution in [0.25, 0.3) is 0 Å². The molecule has 3 nitrogen and oxygen atoms in total. The molecular weight excluding hydrogens is 151 g/mol. The molecule has 0 unspecified atom stereocenters. The number of halogens is 1. The molecule has 4 heteroatoms. The molecule has 0 aromatic rings. The Labute approximate surface area is 65.1 Å². The normalized spacial score (nSPS) is 45.8. The molecule has 4 atom stereocenters. The molecule has 0 spiro atoms. The third kappa shape index (κ3) is 1.89. The van der Waals surface area contributed by atoms with Crippen LogP contribution in [0.1, 0.15) is 13.3 Å². The van der Waals surface area contributed by atoms with E-state index in [1.54, 1.807) is 6.92 Å². The van der Waals surface area contributed by atoms with Crippen molar-refractivity contribution in [2.75, 3.05) is 7.11 Å². The first-order chi connectivity index (χ1) is 5.15. The maximum atomic E-state index is 12.8. The lowest BCUT2D eigenvalue weighted by Crippen LogP contribution is -2.45. The van der Waals surface area contributed by atoms with Gasteiger partial charge in [-0.15, -0.1) is 0 Å². The molecule has 0 bridgehead atoms. The van der Waals surface area contributed by atoms with Gasteiger partial charge in [0.1, 0.15) is 12.3 Å². The fourth-order valence-corrected chi connectivity index (χ4v) is 1.13. The van der Waals surface area contributed by atoms with Crippen LogP contribution in [0.3, 0.4) is 0 Å². The van der Waals surface area contributed by atoms with E-state index >= 15 is 0 Å². The van der Waals surface area contributed by atoms with Gasteiger partial charge in [0, 0.05) is 13.5 Å². The predicted molar refractivity (Wildman–Crippen MR) is 36.9 cm³/mol. The SMILES string of the molecule is CO[C@H]1O[C@H](C)[C@@H](F)C[C@H]1O. The topological polar surface area (TPSA) is 38.7 Å². The highest BCUT2D eigenvalue weighted by Gasteiger charge is 2.34. The van der Waals surface area contributed by atoms with E-state index in [-0.39, 0.29) is 6.42 Å². The zero-order valence-electron chi connectivity index (χ0n) is 6.66. The predicted octanol–water partition coefficient (Wildman–Crippen LogP) is 0.467. The van der Waals surface area contributed by atoms with Crippen molar-refractivity contribution in [3.05, 3.63) is 0 Å². The lowest BCUT2D eigenvalue weighted by atomic mass is 10.1. The zero-order chi connectivity index (χ0) is 8.43. The molecule has 0 radical (unpaired) electrons. The lowest BCUT2D eigenvalue weighted by molar-refractivity contribution is -0.242. The van der Waals surface area contributed by atoms with Crippen molar-refractivity contribution < 1.29 is 19.0 Å². The first-order valence-electron chi connectivity index (χ1n) is 3.65. The first-order valence-corrected chi connectivity index (χ1v) is 3.65. The quantitative estimate of drug-likeness (QED) is 0.612. The molecule has 1 aliphatic heterocycles. The maximum absolute atomic E-state index is 12.8. The second-order valence-electron chi connectivity index (χ2n) is 2.76. The summed E-state index contributed by atoms with van der Waals surface area (Å²) >= 11 is 0. The summed E-state index contributed by atoms with van der Waals surface area (Å²) in [4.78, 5) is 0. The van der Waals surface area contributed by atoms with E-state index in [0.29, 0.717) is 0 Å². The fraction of sp³-hybridized carbons (Fsp3) is 1.00. The number of ether oxygens (including phenoxy) is 2. The minimum atomic E-state index is -1.09. The van der Waals surface area contributed by atoms with Gasteiger partial charge in [0.05, 0.1) is 6.10 Å². The van der Waals surface area contributed by atoms with Crippen molar-refractivity contribution in [1.82, 2.24) is 0 Å². The molecule has 1 rings (SSSR count). The van der Waals surface area contributed by atoms with Crippen molar-refractivity contribution in [1.29, 1.82) is 0 Å². The van der Waals surface area contributed by atoms with Crippen LogP contribution in [-0.2, 0) is 9.47 Å². The first kappa shape index (κ1) is 8.90. The molecule has 1 aliphatic rings. The Morgan fingerprint density at radius 1 is 1.64 bits per heavy atom. The van der Waals surface area contributed by atoms with Gasteiger partial charge in [-0.05, 0) is 6.92 Å². The summed E-state index contributed by atoms with van der Waals surface area (Å²) in [6.07, 6.45) is -2.98. The van der Waals surface area contributed by atoms with Crippen LogP contribution in [0, 0.1) is 0 Å². The lowest BCUT2D eigenvalue weighted by Gasteiger charge is -2.33. The molecule has 0 saturated carbocycles. The van der Waals surface area contributed by atoms with E-state index in [9.17, 15) is 4.39 Å². The Morgan fingerprint density at radius 3 is 2.82 bits per heavy atom. The molecule has 1 fully saturated rings. The number of alkyl halides is 1. The van der Waals surface area contributed by atoms with E-state index in [0.717, 1.165) is 0 Å². The third-order valence-electron chi connectivity index (χ3n) is 1.87. The summed E-state index contributed by atoms with van der Waals surface area (Å²) in [5, 5.41) is 9.17. The largest absolute Gasteiger partial charge is 0.388 e. The van der Waals surface area contributed by atoms with Crippen LogP contribution in [0.4, 0.5) is 4.39 Å². The number of aliphatic hydroxyl groups excluding tert-OH is 1. The monoisotopic (exact) mass is 164 g/mol. The number of rotatable bonds is 1. The number of hydrogen-bond acceptors (Lipinski definition) is 3. The fourth-order valence-electron chi connectivity index (χ4n) is 1.13. The van der Waals surface area contributed by atoms with E-state index < -0.39 is 24.7 Å². The van der Waals surface area contributed by atoms with Gasteiger partial charge in [-0.25, -0.2) is 4.39 Å². The number of hydrogen-bond donors (Lipinski definition) is 1. The molecule has 0 amide bonds. The van der Waals surface area contributed by atoms with Crippen LogP contribution in [0.5, 0.6) is 0 Å². The van der Waals surface area contributed by atoms with Gasteiger partial charge in [0.2, 0.25) is 0 Å². The van der Waals surface area contributed by atoms with Crippen LogP contribution >= 0.6 is 0 Å². The summed E-state index contributed by atoms with van der Waals surface area (Å²) in [7, 11) is 1.43. The Hall–Kier alpha value is -0.190. The minimum absolute atomic E-state index is 0.0969. The molecule has 0 aliphatic carbocycles. The van der Waals surface area contributed by atoms with Crippen molar-refractivity contribution >= 4 is 0 Å². The second kappa shape index (κ2) is 3.47. The third-order valence-corrected chi connectivity index (χ3v) is 1.87. The van der Waals surface area contributed by atoms with Crippen LogP contribution < -0.4 is 0 Å². The van der Waals surface area contributed by atoms with Crippen molar-refractivity contribution in [2.45, 2.75) is 38.0 Å². The van der Waals surface area contributed by atoms with Gasteiger partial charge in [-0.1, -0.05) is 0 Å². The second-order valence-corrected chi connectivity index (χ2v) is 2.76. The molecule has 1 heterocycles. The van der Waals surface area contributed by atoms with Gasteiger partial charge >= 0.3 is 0 Å². The van der Waals surface area contributed by atoms with Crippen LogP contribution in [0.15, 0.2) is 0 Å². The molecule has 66 valence electrons. The highest BCUT2D eigenvalue weighted by molar-refractivity contribution is 4.78. The number of aliphatic hydroxyl groups is 1. The molecule has 1 N–H and O–H groups in total. The summed E-state index contributed by atoms with van der Waals surface area (Å²) in [5.41, 5.74) is 0. The van der Waals surface area contributed by atoms with E-state index in [2.05, 4.69) is 0 Å². The van der Waals surface area contributed by atoms with E-state index in [1.807, 2.05) is 0 Å². The average Bonchev–Trinajstić information content (AvgIpc) is 1.97. The number of methoxy groups -OCH3 is 1. The molecule has 0 aromatic carbocycles. The van der Waals surface area contributed by atoms with Crippen molar-refractivity contribution in [3.8, 4) is 0 Å². The highest BCUT2D eigenvalue weighted by atomic mass is 19.1. The Balaban J connectivity index is 2.48. The van der Waals surface area contributed by atoms with E-state index in [1.165, 1.54) is 7.11 Å². The standard InChI is InChI=1S/C7H13FO3/c1-4-5(8)3-6(9)7(10-2)11-4/h4-7,9H,3H2,1-2H3/t4-,5+,6-,7+/m1/s1. The van der Waals surface area contributed by atoms with Crippen molar-refractivity contribution in [2.24, 2.45) is 0 Å². The molecular formula is C7H13FO3. The Morgan fingerprint density at radius 2 is 2.27 bits per heavy atom. The smallest absolute Gasteiger partial charge is 0.183 e. The zero-order valence-corrected chi connectivity index (χ0v) is 6.66. The molecule has 1 saturated heterocycles. The molecule has 0 aromatic heterocycles. The maximum Gasteiger partial charge on any atom is 0.183 e. The van der Waals surface area contributed by atoms with Crippen LogP contribution in [-0.4, -0.2) is 36.9 Å². The van der Waals surface area contributed by atoms with Gasteiger partial charge in [0.15, 0.2) is 6.29 Å². The summed E-state index contributed by atoms with van der Waals surface area (Å²) in [5.74, 6) is 0. The van der Waals surface area contributed by atoms with Crippen molar-refractivity contribution in [3.63, 3.8) is 0 Å². The van der Waals surface area contributed by atoms with Gasteiger partial charge in [0.25, 0.3) is 0 Å². The highest BCUT2D eigenvalue weighted by Crippen LogP contribution is 2.22. The molecule has 11 heavy (non-hydrogen) atoms. The minimum Gasteiger partial charge on any atom is -0.388 e. The Kier molecular flexibility index (Phi) is 2.81. The van der Waals surface area contributed by atoms with Gasteiger partial charge < -0.3 is 14.6 Å².